The van der Waals surface area contributed by atoms with Crippen LogP contribution < -0.4 is 5.73 Å². The first-order valence-electron chi connectivity index (χ1n) is 5.38. The first-order valence-corrected chi connectivity index (χ1v) is 5.79. The highest BCUT2D eigenvalue weighted by Gasteiger charge is 2.30. The minimum atomic E-state index is -4.37. The summed E-state index contributed by atoms with van der Waals surface area (Å²) in [6.07, 6.45) is -4.36. The Morgan fingerprint density at radius 3 is 2.26 bits per heavy atom. The third-order valence-electron chi connectivity index (χ3n) is 2.46. The van der Waals surface area contributed by atoms with Crippen LogP contribution in [0.1, 0.15) is 11.1 Å². The predicted octanol–water partition coefficient (Wildman–Crippen LogP) is 1.99. The van der Waals surface area contributed by atoms with Gasteiger partial charge in [0.2, 0.25) is 5.91 Å². The van der Waals surface area contributed by atoms with Gasteiger partial charge in [0.1, 0.15) is 0 Å². The molecule has 0 aliphatic carbocycles. The highest BCUT2D eigenvalue weighted by molar-refractivity contribution is 7.80. The molecule has 1 aromatic rings. The smallest absolute Gasteiger partial charge is 0.392 e. The molecule has 0 saturated carbocycles. The van der Waals surface area contributed by atoms with Crippen molar-refractivity contribution in [1.29, 1.82) is 0 Å². The van der Waals surface area contributed by atoms with Crippen LogP contribution in [0, 0.1) is 0 Å². The van der Waals surface area contributed by atoms with E-state index in [2.05, 4.69) is 12.2 Å². The van der Waals surface area contributed by atoms with Crippen LogP contribution in [0.2, 0.25) is 0 Å². The first-order chi connectivity index (χ1) is 8.70. The molecule has 0 unspecified atom stereocenters. The van der Waals surface area contributed by atoms with Gasteiger partial charge in [-0.1, -0.05) is 24.4 Å². The van der Waals surface area contributed by atoms with Gasteiger partial charge >= 0.3 is 6.18 Å². The van der Waals surface area contributed by atoms with E-state index < -0.39 is 11.7 Å². The molecule has 0 aliphatic rings. The molecule has 2 N–H and O–H groups in total. The Morgan fingerprint density at radius 2 is 1.84 bits per heavy atom. The number of alkyl halides is 3. The summed E-state index contributed by atoms with van der Waals surface area (Å²) >= 11 is 4.67. The quantitative estimate of drug-likeness (QED) is 0.863. The largest absolute Gasteiger partial charge is 0.416 e. The second-order valence-corrected chi connectivity index (χ2v) is 4.61. The van der Waals surface area contributed by atoms with Crippen LogP contribution in [0.25, 0.3) is 0 Å². The lowest BCUT2D eigenvalue weighted by molar-refractivity contribution is -0.137. The molecular formula is C12H13F3N2OS. The zero-order chi connectivity index (χ0) is 14.6. The molecule has 1 aromatic carbocycles. The summed E-state index contributed by atoms with van der Waals surface area (Å²) in [5, 5.41) is 0. The molecule has 7 heteroatoms. The van der Waals surface area contributed by atoms with E-state index in [0.717, 1.165) is 12.1 Å². The normalized spacial score (nSPS) is 11.2. The maximum atomic E-state index is 12.4. The van der Waals surface area contributed by atoms with Gasteiger partial charge in [-0.15, -0.1) is 0 Å². The molecule has 0 heterocycles. The number of likely N-dealkylation sites (N-methyl/N-ethyl adjacent to an activating group) is 1. The SMILES string of the molecule is CN(CC(N)=S)C(=O)Cc1ccc(C(F)(F)F)cc1. The summed E-state index contributed by atoms with van der Waals surface area (Å²) in [7, 11) is 1.53. The molecule has 0 bridgehead atoms. The number of rotatable bonds is 4. The topological polar surface area (TPSA) is 46.3 Å². The minimum absolute atomic E-state index is 0.0112. The summed E-state index contributed by atoms with van der Waals surface area (Å²) < 4.78 is 37.1. The molecule has 1 rings (SSSR count). The van der Waals surface area contributed by atoms with Gasteiger partial charge in [-0.3, -0.25) is 4.79 Å². The standard InChI is InChI=1S/C12H13F3N2OS/c1-17(7-10(16)19)11(18)6-8-2-4-9(5-3-8)12(13,14)15/h2-5H,6-7H2,1H3,(H2,16,19). The summed E-state index contributed by atoms with van der Waals surface area (Å²) in [6.45, 7) is 0.148. The number of nitrogens with two attached hydrogens (primary N) is 1. The number of thiocarbonyl (C=S) groups is 1. The number of hydrogen-bond acceptors (Lipinski definition) is 2. The fourth-order valence-electron chi connectivity index (χ4n) is 1.44. The van der Waals surface area contributed by atoms with Crippen molar-refractivity contribution in [2.24, 2.45) is 5.73 Å². The second-order valence-electron chi connectivity index (χ2n) is 4.09. The van der Waals surface area contributed by atoms with Crippen LogP contribution in [0.4, 0.5) is 13.2 Å². The molecule has 0 atom stereocenters. The highest BCUT2D eigenvalue weighted by Crippen LogP contribution is 2.29. The van der Waals surface area contributed by atoms with Crippen LogP contribution >= 0.6 is 12.2 Å². The predicted molar refractivity (Wildman–Crippen MR) is 69.6 cm³/mol. The maximum absolute atomic E-state index is 12.4. The van der Waals surface area contributed by atoms with Crippen molar-refractivity contribution in [1.82, 2.24) is 4.90 Å². The third-order valence-corrected chi connectivity index (χ3v) is 2.58. The molecule has 0 spiro atoms. The van der Waals surface area contributed by atoms with Crippen molar-refractivity contribution in [3.8, 4) is 0 Å². The fraction of sp³-hybridized carbons (Fsp3) is 0.333. The lowest BCUT2D eigenvalue weighted by Gasteiger charge is -2.16. The van der Waals surface area contributed by atoms with Crippen LogP contribution in [0.5, 0.6) is 0 Å². The lowest BCUT2D eigenvalue weighted by Crippen LogP contribution is -2.35. The average molecular weight is 290 g/mol. The summed E-state index contributed by atoms with van der Waals surface area (Å²) in [5.41, 5.74) is 5.08. The maximum Gasteiger partial charge on any atom is 0.416 e. The Balaban J connectivity index is 2.68. The minimum Gasteiger partial charge on any atom is -0.392 e. The van der Waals surface area contributed by atoms with E-state index in [9.17, 15) is 18.0 Å². The number of benzene rings is 1. The molecule has 1 amide bonds. The number of carbonyl (C=O) groups excluding carboxylic acids is 1. The van der Waals surface area contributed by atoms with Crippen molar-refractivity contribution in [2.75, 3.05) is 13.6 Å². The number of carbonyl (C=O) groups is 1. The van der Waals surface area contributed by atoms with Gasteiger partial charge in [0.25, 0.3) is 0 Å². The molecule has 0 fully saturated rings. The van der Waals surface area contributed by atoms with E-state index in [0.29, 0.717) is 5.56 Å². The van der Waals surface area contributed by atoms with Crippen molar-refractivity contribution < 1.29 is 18.0 Å². The number of hydrogen-bond donors (Lipinski definition) is 1. The Labute approximate surface area is 114 Å². The second kappa shape index (κ2) is 6.01. The van der Waals surface area contributed by atoms with Gasteiger partial charge in [-0.05, 0) is 17.7 Å². The monoisotopic (exact) mass is 290 g/mol. The average Bonchev–Trinajstić information content (AvgIpc) is 2.27. The Bertz CT molecular complexity index is 471. The first kappa shape index (κ1) is 15.4. The van der Waals surface area contributed by atoms with E-state index in [1.165, 1.54) is 24.1 Å². The summed E-state index contributed by atoms with van der Waals surface area (Å²) in [4.78, 5) is 13.2. The van der Waals surface area contributed by atoms with Crippen molar-refractivity contribution in [3.05, 3.63) is 35.4 Å². The van der Waals surface area contributed by atoms with E-state index in [1.807, 2.05) is 0 Å². The molecule has 0 aromatic heterocycles. The molecule has 3 nitrogen and oxygen atoms in total. The number of amides is 1. The Hall–Kier alpha value is -1.63. The van der Waals surface area contributed by atoms with Gasteiger partial charge in [-0.25, -0.2) is 0 Å². The van der Waals surface area contributed by atoms with E-state index in [1.54, 1.807) is 0 Å². The van der Waals surface area contributed by atoms with Crippen LogP contribution in [0.15, 0.2) is 24.3 Å². The molecular weight excluding hydrogens is 277 g/mol. The van der Waals surface area contributed by atoms with Crippen molar-refractivity contribution in [2.45, 2.75) is 12.6 Å². The zero-order valence-corrected chi connectivity index (χ0v) is 11.0. The van der Waals surface area contributed by atoms with Crippen LogP contribution in [0.3, 0.4) is 0 Å². The van der Waals surface area contributed by atoms with E-state index in [4.69, 9.17) is 5.73 Å². The molecule has 104 valence electrons. The van der Waals surface area contributed by atoms with Crippen LogP contribution in [-0.2, 0) is 17.4 Å². The van der Waals surface area contributed by atoms with E-state index >= 15 is 0 Å². The number of nitrogens with zero attached hydrogens (tertiary/aromatic N) is 1. The Morgan fingerprint density at radius 1 is 1.32 bits per heavy atom. The molecule has 0 radical (unpaired) electrons. The van der Waals surface area contributed by atoms with Gasteiger partial charge in [-0.2, -0.15) is 13.2 Å². The zero-order valence-electron chi connectivity index (χ0n) is 10.2. The van der Waals surface area contributed by atoms with Crippen molar-refractivity contribution >= 4 is 23.1 Å². The van der Waals surface area contributed by atoms with Crippen molar-refractivity contribution in [3.63, 3.8) is 0 Å². The van der Waals surface area contributed by atoms with E-state index in [-0.39, 0.29) is 23.9 Å². The van der Waals surface area contributed by atoms with Gasteiger partial charge < -0.3 is 10.6 Å². The fourth-order valence-corrected chi connectivity index (χ4v) is 1.64. The summed E-state index contributed by atoms with van der Waals surface area (Å²) in [5.74, 6) is -0.257. The molecule has 19 heavy (non-hydrogen) atoms. The highest BCUT2D eigenvalue weighted by atomic mass is 32.1. The summed E-state index contributed by atoms with van der Waals surface area (Å²) in [6, 6.07) is 4.48. The van der Waals surface area contributed by atoms with Gasteiger partial charge in [0.05, 0.1) is 23.5 Å². The Kier molecular flexibility index (Phi) is 4.88. The molecule has 0 aliphatic heterocycles. The third kappa shape index (κ3) is 4.86. The van der Waals surface area contributed by atoms with Crippen LogP contribution in [-0.4, -0.2) is 29.4 Å². The number of halogens is 3. The molecule has 0 saturated heterocycles. The van der Waals surface area contributed by atoms with Gasteiger partial charge in [0.15, 0.2) is 0 Å². The van der Waals surface area contributed by atoms with Gasteiger partial charge in [0, 0.05) is 7.05 Å². The lowest BCUT2D eigenvalue weighted by atomic mass is 10.1.